The van der Waals surface area contributed by atoms with Gasteiger partial charge in [0.2, 0.25) is 0 Å². The second kappa shape index (κ2) is 5.19. The minimum absolute atomic E-state index is 0.557. The molecule has 2 aromatic rings. The van der Waals surface area contributed by atoms with E-state index in [2.05, 4.69) is 48.1 Å². The number of nitrogens with two attached hydrogens (primary N) is 1. The fraction of sp³-hybridized carbons (Fsp3) is 0.231. The van der Waals surface area contributed by atoms with Crippen molar-refractivity contribution < 1.29 is 0 Å². The summed E-state index contributed by atoms with van der Waals surface area (Å²) in [6.45, 7) is 4.37. The van der Waals surface area contributed by atoms with Crippen LogP contribution in [0, 0.1) is 0 Å². The second-order valence-electron chi connectivity index (χ2n) is 4.12. The van der Waals surface area contributed by atoms with Gasteiger partial charge in [0.25, 0.3) is 0 Å². The molecule has 0 saturated heterocycles. The van der Waals surface area contributed by atoms with E-state index in [0.717, 1.165) is 10.1 Å². The lowest BCUT2D eigenvalue weighted by molar-refractivity contribution is 0.864. The summed E-state index contributed by atoms with van der Waals surface area (Å²) >= 11 is 1.54. The lowest BCUT2D eigenvalue weighted by Gasteiger charge is -2.06. The number of nitrogens with zero attached hydrogens (tertiary/aromatic N) is 2. The van der Waals surface area contributed by atoms with Gasteiger partial charge in [-0.2, -0.15) is 0 Å². The molecule has 0 unspecified atom stereocenters. The van der Waals surface area contributed by atoms with Crippen LogP contribution in [0.2, 0.25) is 0 Å². The summed E-state index contributed by atoms with van der Waals surface area (Å²) < 4.78 is 0. The van der Waals surface area contributed by atoms with Crippen molar-refractivity contribution in [2.24, 2.45) is 0 Å². The van der Waals surface area contributed by atoms with Crippen LogP contribution in [-0.4, -0.2) is 9.97 Å². The number of hydrogen-bond donors (Lipinski definition) is 1. The molecule has 0 fully saturated rings. The number of anilines is 1. The van der Waals surface area contributed by atoms with E-state index in [1.54, 1.807) is 12.4 Å². The van der Waals surface area contributed by atoms with Crippen LogP contribution >= 0.6 is 11.8 Å². The van der Waals surface area contributed by atoms with Gasteiger partial charge in [-0.05, 0) is 35.4 Å². The zero-order valence-electron chi connectivity index (χ0n) is 9.92. The molecule has 1 heterocycles. The van der Waals surface area contributed by atoms with E-state index in [0.29, 0.717) is 11.6 Å². The fourth-order valence-corrected chi connectivity index (χ4v) is 2.10. The Morgan fingerprint density at radius 1 is 1.06 bits per heavy atom. The summed E-state index contributed by atoms with van der Waals surface area (Å²) in [5.41, 5.74) is 7.47. The van der Waals surface area contributed by atoms with E-state index in [-0.39, 0.29) is 0 Å². The molecule has 1 aromatic heterocycles. The molecule has 4 heteroatoms. The van der Waals surface area contributed by atoms with Crippen LogP contribution < -0.4 is 5.73 Å². The van der Waals surface area contributed by atoms with Gasteiger partial charge in [-0.1, -0.05) is 26.0 Å². The third-order valence-electron chi connectivity index (χ3n) is 2.40. The van der Waals surface area contributed by atoms with E-state index in [1.165, 1.54) is 17.3 Å². The predicted molar refractivity (Wildman–Crippen MR) is 71.1 cm³/mol. The Labute approximate surface area is 105 Å². The summed E-state index contributed by atoms with van der Waals surface area (Å²) in [7, 11) is 0. The van der Waals surface area contributed by atoms with Crippen molar-refractivity contribution in [2.75, 3.05) is 5.73 Å². The fourth-order valence-electron chi connectivity index (χ4n) is 1.41. The molecule has 0 aliphatic rings. The maximum Gasteiger partial charge on any atom is 0.192 e. The smallest absolute Gasteiger partial charge is 0.192 e. The maximum atomic E-state index is 5.54. The summed E-state index contributed by atoms with van der Waals surface area (Å²) in [4.78, 5) is 9.45. The molecule has 0 aliphatic heterocycles. The van der Waals surface area contributed by atoms with Crippen LogP contribution in [0.25, 0.3) is 0 Å². The van der Waals surface area contributed by atoms with E-state index in [1.807, 2.05) is 0 Å². The first-order valence-corrected chi connectivity index (χ1v) is 6.32. The zero-order chi connectivity index (χ0) is 12.3. The molecule has 2 rings (SSSR count). The van der Waals surface area contributed by atoms with Gasteiger partial charge in [0, 0.05) is 4.90 Å². The molecule has 0 atom stereocenters. The Morgan fingerprint density at radius 3 is 2.18 bits per heavy atom. The van der Waals surface area contributed by atoms with Gasteiger partial charge in [0.15, 0.2) is 5.16 Å². The SMILES string of the molecule is CC(C)c1ccc(Sc2ncc(N)cn2)cc1. The molecule has 0 bridgehead atoms. The van der Waals surface area contributed by atoms with Crippen LogP contribution in [0.15, 0.2) is 46.7 Å². The molecule has 0 saturated carbocycles. The first kappa shape index (κ1) is 11.9. The monoisotopic (exact) mass is 245 g/mol. The van der Waals surface area contributed by atoms with Gasteiger partial charge in [0.05, 0.1) is 18.1 Å². The molecule has 88 valence electrons. The summed E-state index contributed by atoms with van der Waals surface area (Å²) in [6.07, 6.45) is 3.25. The van der Waals surface area contributed by atoms with Gasteiger partial charge >= 0.3 is 0 Å². The van der Waals surface area contributed by atoms with Gasteiger partial charge in [-0.3, -0.25) is 0 Å². The van der Waals surface area contributed by atoms with Crippen molar-refractivity contribution in [1.82, 2.24) is 9.97 Å². The highest BCUT2D eigenvalue weighted by Gasteiger charge is 2.02. The average molecular weight is 245 g/mol. The van der Waals surface area contributed by atoms with Crippen molar-refractivity contribution in [3.8, 4) is 0 Å². The molecule has 2 N–H and O–H groups in total. The molecule has 0 amide bonds. The Balaban J connectivity index is 2.11. The number of nitrogen functional groups attached to an aromatic ring is 1. The first-order valence-electron chi connectivity index (χ1n) is 5.50. The number of hydrogen-bond acceptors (Lipinski definition) is 4. The lowest BCUT2D eigenvalue weighted by atomic mass is 10.0. The predicted octanol–water partition coefficient (Wildman–Crippen LogP) is 3.33. The highest BCUT2D eigenvalue weighted by atomic mass is 32.2. The standard InChI is InChI=1S/C13H15N3S/c1-9(2)10-3-5-12(6-4-10)17-13-15-7-11(14)8-16-13/h3-9H,14H2,1-2H3. The van der Waals surface area contributed by atoms with Crippen LogP contribution in [0.1, 0.15) is 25.3 Å². The minimum atomic E-state index is 0.557. The normalized spacial score (nSPS) is 10.8. The van der Waals surface area contributed by atoms with Crippen molar-refractivity contribution in [2.45, 2.75) is 29.8 Å². The summed E-state index contributed by atoms with van der Waals surface area (Å²) in [5.74, 6) is 0.557. The van der Waals surface area contributed by atoms with Crippen molar-refractivity contribution >= 4 is 17.4 Å². The van der Waals surface area contributed by atoms with Crippen LogP contribution in [0.4, 0.5) is 5.69 Å². The summed E-state index contributed by atoms with van der Waals surface area (Å²) in [5, 5.41) is 0.719. The van der Waals surface area contributed by atoms with Gasteiger partial charge in [-0.25, -0.2) is 9.97 Å². The average Bonchev–Trinajstić information content (AvgIpc) is 2.33. The maximum absolute atomic E-state index is 5.54. The third kappa shape index (κ3) is 3.20. The molecule has 0 radical (unpaired) electrons. The van der Waals surface area contributed by atoms with Crippen LogP contribution in [-0.2, 0) is 0 Å². The number of benzene rings is 1. The number of aromatic nitrogens is 2. The van der Waals surface area contributed by atoms with Gasteiger partial charge in [0.1, 0.15) is 0 Å². The topological polar surface area (TPSA) is 51.8 Å². The lowest BCUT2D eigenvalue weighted by Crippen LogP contribution is -1.91. The van der Waals surface area contributed by atoms with Crippen molar-refractivity contribution in [3.05, 3.63) is 42.2 Å². The molecule has 17 heavy (non-hydrogen) atoms. The van der Waals surface area contributed by atoms with Crippen molar-refractivity contribution in [3.63, 3.8) is 0 Å². The van der Waals surface area contributed by atoms with E-state index in [9.17, 15) is 0 Å². The summed E-state index contributed by atoms with van der Waals surface area (Å²) in [6, 6.07) is 8.48. The Bertz CT molecular complexity index is 477. The van der Waals surface area contributed by atoms with E-state index >= 15 is 0 Å². The molecular weight excluding hydrogens is 230 g/mol. The number of rotatable bonds is 3. The highest BCUT2D eigenvalue weighted by Crippen LogP contribution is 2.26. The van der Waals surface area contributed by atoms with E-state index in [4.69, 9.17) is 5.73 Å². The second-order valence-corrected chi connectivity index (χ2v) is 5.17. The minimum Gasteiger partial charge on any atom is -0.396 e. The highest BCUT2D eigenvalue weighted by molar-refractivity contribution is 7.99. The third-order valence-corrected chi connectivity index (χ3v) is 3.31. The van der Waals surface area contributed by atoms with Gasteiger partial charge < -0.3 is 5.73 Å². The first-order chi connectivity index (χ1) is 8.15. The quantitative estimate of drug-likeness (QED) is 0.843. The van der Waals surface area contributed by atoms with Gasteiger partial charge in [-0.15, -0.1) is 0 Å². The Kier molecular flexibility index (Phi) is 3.64. The van der Waals surface area contributed by atoms with Crippen molar-refractivity contribution in [1.29, 1.82) is 0 Å². The van der Waals surface area contributed by atoms with Crippen LogP contribution in [0.3, 0.4) is 0 Å². The Hall–Kier alpha value is -1.55. The Morgan fingerprint density at radius 2 is 1.65 bits per heavy atom. The zero-order valence-corrected chi connectivity index (χ0v) is 10.7. The molecular formula is C13H15N3S. The largest absolute Gasteiger partial charge is 0.396 e. The van der Waals surface area contributed by atoms with Crippen LogP contribution in [0.5, 0.6) is 0 Å². The molecule has 1 aromatic carbocycles. The van der Waals surface area contributed by atoms with E-state index < -0.39 is 0 Å². The molecule has 0 spiro atoms. The molecule has 0 aliphatic carbocycles. The molecule has 3 nitrogen and oxygen atoms in total.